The highest BCUT2D eigenvalue weighted by Gasteiger charge is 2.09. The Labute approximate surface area is 210 Å². The molecule has 3 rings (SSSR count). The van der Waals surface area contributed by atoms with Crippen molar-refractivity contribution in [1.82, 2.24) is 0 Å². The summed E-state index contributed by atoms with van der Waals surface area (Å²) < 4.78 is 22.5. The Morgan fingerprint density at radius 1 is 0.833 bits per heavy atom. The van der Waals surface area contributed by atoms with Crippen molar-refractivity contribution in [1.29, 1.82) is 0 Å². The van der Waals surface area contributed by atoms with Crippen molar-refractivity contribution in [2.24, 2.45) is 0 Å². The van der Waals surface area contributed by atoms with Gasteiger partial charge in [-0.05, 0) is 61.0 Å². The number of rotatable bonds is 12. The zero-order chi connectivity index (χ0) is 25.8. The van der Waals surface area contributed by atoms with Crippen LogP contribution in [0.15, 0.2) is 72.8 Å². The van der Waals surface area contributed by atoms with Crippen molar-refractivity contribution in [3.63, 3.8) is 0 Å². The van der Waals surface area contributed by atoms with Crippen molar-refractivity contribution in [3.8, 4) is 23.0 Å². The number of carbonyl (C=O) groups is 2. The van der Waals surface area contributed by atoms with Gasteiger partial charge in [0.1, 0.15) is 24.7 Å². The molecule has 0 unspecified atom stereocenters. The van der Waals surface area contributed by atoms with E-state index in [0.717, 1.165) is 11.3 Å². The Bertz CT molecular complexity index is 1190. The van der Waals surface area contributed by atoms with Gasteiger partial charge < -0.3 is 29.6 Å². The number of para-hydroxylation sites is 1. The van der Waals surface area contributed by atoms with Gasteiger partial charge in [0.2, 0.25) is 11.8 Å². The van der Waals surface area contributed by atoms with Crippen molar-refractivity contribution >= 4 is 29.3 Å². The van der Waals surface area contributed by atoms with E-state index < -0.39 is 0 Å². The fourth-order valence-corrected chi connectivity index (χ4v) is 3.28. The van der Waals surface area contributed by atoms with E-state index in [0.29, 0.717) is 48.4 Å². The average Bonchev–Trinajstić information content (AvgIpc) is 2.87. The molecule has 3 aromatic carbocycles. The molecule has 0 heterocycles. The maximum Gasteiger partial charge on any atom is 0.248 e. The molecule has 0 aliphatic carbocycles. The zero-order valence-electron chi connectivity index (χ0n) is 20.6. The van der Waals surface area contributed by atoms with Gasteiger partial charge >= 0.3 is 0 Å². The highest BCUT2D eigenvalue weighted by atomic mass is 16.5. The van der Waals surface area contributed by atoms with Gasteiger partial charge in [-0.15, -0.1) is 0 Å². The first kappa shape index (κ1) is 26.2. The predicted molar refractivity (Wildman–Crippen MR) is 140 cm³/mol. The average molecular weight is 491 g/mol. The summed E-state index contributed by atoms with van der Waals surface area (Å²) in [5.41, 5.74) is 1.75. The van der Waals surface area contributed by atoms with Crippen LogP contribution >= 0.6 is 0 Å². The monoisotopic (exact) mass is 490 g/mol. The van der Waals surface area contributed by atoms with Gasteiger partial charge in [0.05, 0.1) is 19.4 Å². The quantitative estimate of drug-likeness (QED) is 0.269. The molecule has 0 aliphatic heterocycles. The minimum atomic E-state index is -0.357. The van der Waals surface area contributed by atoms with E-state index >= 15 is 0 Å². The van der Waals surface area contributed by atoms with Crippen molar-refractivity contribution in [2.45, 2.75) is 13.8 Å². The first-order chi connectivity index (χ1) is 17.5. The molecule has 0 saturated carbocycles. The Morgan fingerprint density at radius 2 is 1.58 bits per heavy atom. The molecule has 0 fully saturated rings. The van der Waals surface area contributed by atoms with Crippen LogP contribution < -0.4 is 29.6 Å². The van der Waals surface area contributed by atoms with Crippen LogP contribution in [0.1, 0.15) is 19.4 Å². The first-order valence-corrected chi connectivity index (χ1v) is 11.5. The van der Waals surface area contributed by atoms with E-state index in [1.54, 1.807) is 36.4 Å². The highest BCUT2D eigenvalue weighted by molar-refractivity contribution is 6.03. The first-order valence-electron chi connectivity index (χ1n) is 11.5. The number of benzene rings is 3. The number of ether oxygens (including phenoxy) is 4. The van der Waals surface area contributed by atoms with Crippen LogP contribution in [0.2, 0.25) is 0 Å². The molecule has 8 nitrogen and oxygen atoms in total. The molecular weight excluding hydrogens is 460 g/mol. The molecule has 0 spiro atoms. The molecule has 2 N–H and O–H groups in total. The van der Waals surface area contributed by atoms with Crippen molar-refractivity contribution in [2.75, 3.05) is 37.6 Å². The van der Waals surface area contributed by atoms with E-state index in [2.05, 4.69) is 10.6 Å². The van der Waals surface area contributed by atoms with Gasteiger partial charge in [0, 0.05) is 18.7 Å². The number of hydrogen-bond acceptors (Lipinski definition) is 6. The second-order valence-corrected chi connectivity index (χ2v) is 7.57. The third-order valence-electron chi connectivity index (χ3n) is 4.83. The summed E-state index contributed by atoms with van der Waals surface area (Å²) >= 11 is 0. The van der Waals surface area contributed by atoms with Crippen molar-refractivity contribution < 1.29 is 28.5 Å². The molecule has 3 aromatic rings. The normalized spacial score (nSPS) is 10.5. The molecule has 188 valence electrons. The summed E-state index contributed by atoms with van der Waals surface area (Å²) in [6.07, 6.45) is 3.08. The molecule has 0 atom stereocenters. The van der Waals surface area contributed by atoms with Crippen LogP contribution in [0.3, 0.4) is 0 Å². The Morgan fingerprint density at radius 3 is 2.31 bits per heavy atom. The molecular formula is C28H30N2O6. The summed E-state index contributed by atoms with van der Waals surface area (Å²) in [7, 11) is 1.51. The number of anilines is 2. The number of nitrogens with one attached hydrogen (secondary N) is 2. The molecule has 36 heavy (non-hydrogen) atoms. The van der Waals surface area contributed by atoms with E-state index in [4.69, 9.17) is 18.9 Å². The number of carbonyl (C=O) groups excluding carboxylic acids is 2. The molecule has 2 amide bonds. The summed E-state index contributed by atoms with van der Waals surface area (Å²) in [4.78, 5) is 23.9. The van der Waals surface area contributed by atoms with E-state index in [-0.39, 0.29) is 11.8 Å². The topological polar surface area (TPSA) is 95.1 Å². The Hall–Kier alpha value is -4.46. The smallest absolute Gasteiger partial charge is 0.248 e. The zero-order valence-corrected chi connectivity index (χ0v) is 20.6. The predicted octanol–water partition coefficient (Wildman–Crippen LogP) is 5.16. The lowest BCUT2D eigenvalue weighted by Gasteiger charge is -2.13. The van der Waals surface area contributed by atoms with Crippen LogP contribution in [0.4, 0.5) is 11.4 Å². The lowest BCUT2D eigenvalue weighted by Crippen LogP contribution is -2.11. The highest BCUT2D eigenvalue weighted by Crippen LogP contribution is 2.30. The maximum atomic E-state index is 12.5. The van der Waals surface area contributed by atoms with Gasteiger partial charge in [-0.25, -0.2) is 0 Å². The van der Waals surface area contributed by atoms with Gasteiger partial charge in [0.15, 0.2) is 11.5 Å². The molecule has 8 heteroatoms. The number of amides is 2. The second-order valence-electron chi connectivity index (χ2n) is 7.57. The maximum absolute atomic E-state index is 12.5. The summed E-state index contributed by atoms with van der Waals surface area (Å²) in [5.74, 6) is 1.86. The van der Waals surface area contributed by atoms with Gasteiger partial charge in [-0.3, -0.25) is 9.59 Å². The molecule has 0 aromatic heterocycles. The summed E-state index contributed by atoms with van der Waals surface area (Å²) in [6.45, 7) is 4.52. The third-order valence-corrected chi connectivity index (χ3v) is 4.83. The summed E-state index contributed by atoms with van der Waals surface area (Å²) in [5, 5.41) is 5.45. The van der Waals surface area contributed by atoms with E-state index in [1.807, 2.05) is 43.3 Å². The molecule has 0 saturated heterocycles. The molecule has 0 aliphatic rings. The van der Waals surface area contributed by atoms with Crippen LogP contribution in [0.5, 0.6) is 23.0 Å². The standard InChI is InChI=1S/C28H30N2O6/c1-4-34-27-18-21(10-13-26(27)36-17-16-35-23-8-6-5-7-9-23)11-15-28(32)30-24-19-22(29-20(2)31)12-14-25(24)33-3/h5-15,18-19H,4,16-17H2,1-3H3,(H,29,31)(H,30,32)/b15-11+. The second kappa shape index (κ2) is 13.4. The Kier molecular flexibility index (Phi) is 9.76. The molecule has 0 bridgehead atoms. The van der Waals surface area contributed by atoms with E-state index in [1.165, 1.54) is 20.1 Å². The summed E-state index contributed by atoms with van der Waals surface area (Å²) in [6, 6.07) is 20.0. The lowest BCUT2D eigenvalue weighted by atomic mass is 10.2. The Balaban J connectivity index is 1.62. The van der Waals surface area contributed by atoms with Crippen LogP contribution in [-0.2, 0) is 9.59 Å². The largest absolute Gasteiger partial charge is 0.495 e. The van der Waals surface area contributed by atoms with Crippen LogP contribution in [0.25, 0.3) is 6.08 Å². The van der Waals surface area contributed by atoms with Crippen molar-refractivity contribution in [3.05, 3.63) is 78.4 Å². The molecule has 0 radical (unpaired) electrons. The van der Waals surface area contributed by atoms with Crippen LogP contribution in [-0.4, -0.2) is 38.7 Å². The minimum Gasteiger partial charge on any atom is -0.495 e. The SMILES string of the molecule is CCOc1cc(/C=C/C(=O)Nc2cc(NC(C)=O)ccc2OC)ccc1OCCOc1ccccc1. The fraction of sp³-hybridized carbons (Fsp3) is 0.214. The van der Waals surface area contributed by atoms with E-state index in [9.17, 15) is 9.59 Å². The lowest BCUT2D eigenvalue weighted by molar-refractivity contribution is -0.114. The minimum absolute atomic E-state index is 0.210. The van der Waals surface area contributed by atoms with Gasteiger partial charge in [-0.2, -0.15) is 0 Å². The third kappa shape index (κ3) is 8.09. The number of hydrogen-bond donors (Lipinski definition) is 2. The number of methoxy groups -OCH3 is 1. The van der Waals surface area contributed by atoms with Gasteiger partial charge in [0.25, 0.3) is 0 Å². The fourth-order valence-electron chi connectivity index (χ4n) is 3.28. The van der Waals surface area contributed by atoms with Crippen LogP contribution in [0, 0.1) is 0 Å². The van der Waals surface area contributed by atoms with Gasteiger partial charge in [-0.1, -0.05) is 24.3 Å².